The molecule has 2 aromatic rings. The van der Waals surface area contributed by atoms with Crippen molar-refractivity contribution in [3.8, 4) is 0 Å². The first-order valence-electron chi connectivity index (χ1n) is 13.7. The molecule has 4 rings (SSSR count). The van der Waals surface area contributed by atoms with Gasteiger partial charge >= 0.3 is 0 Å². The summed E-state index contributed by atoms with van der Waals surface area (Å²) in [6, 6.07) is 18.2. The van der Waals surface area contributed by atoms with E-state index in [1.807, 2.05) is 0 Å². The van der Waals surface area contributed by atoms with Gasteiger partial charge in [0.15, 0.2) is 17.5 Å². The van der Waals surface area contributed by atoms with E-state index in [-0.39, 0.29) is 5.92 Å². The van der Waals surface area contributed by atoms with Gasteiger partial charge in [-0.2, -0.15) is 0 Å². The molecule has 0 spiro atoms. The Balaban J connectivity index is 1.25. The van der Waals surface area contributed by atoms with Gasteiger partial charge < -0.3 is 0 Å². The summed E-state index contributed by atoms with van der Waals surface area (Å²) in [4.78, 5) is 0. The van der Waals surface area contributed by atoms with Gasteiger partial charge in [0.25, 0.3) is 0 Å². The summed E-state index contributed by atoms with van der Waals surface area (Å²) < 4.78 is 40.6. The monoisotopic (exact) mass is 486 g/mol. The van der Waals surface area contributed by atoms with Crippen LogP contribution in [0.25, 0.3) is 0 Å². The maximum atomic E-state index is 13.6. The predicted molar refractivity (Wildman–Crippen MR) is 139 cm³/mol. The van der Waals surface area contributed by atoms with Crippen LogP contribution in [0, 0.1) is 29.3 Å². The largest absolute Gasteiger partial charge is 0.204 e. The Bertz CT molecular complexity index is 874. The lowest BCUT2D eigenvalue weighted by molar-refractivity contribution is 0.279. The molecule has 0 bridgehead atoms. The van der Waals surface area contributed by atoms with E-state index in [1.165, 1.54) is 75.2 Å². The SMILES string of the molecule is CCCCC[Si]1(c2ccccc2)CCC(CCC2CCC(c3cc(F)c(F)c(F)c3)CC2)CC1. The van der Waals surface area contributed by atoms with Crippen molar-refractivity contribution < 1.29 is 13.2 Å². The van der Waals surface area contributed by atoms with Crippen molar-refractivity contribution in [3.05, 3.63) is 65.5 Å². The molecule has 0 aromatic heterocycles. The average Bonchev–Trinajstić information content (AvgIpc) is 2.87. The summed E-state index contributed by atoms with van der Waals surface area (Å²) in [6.45, 7) is 2.30. The highest BCUT2D eigenvalue weighted by molar-refractivity contribution is 6.92. The molecule has 1 heterocycles. The number of benzene rings is 2. The van der Waals surface area contributed by atoms with Crippen LogP contribution >= 0.6 is 0 Å². The van der Waals surface area contributed by atoms with Gasteiger partial charge in [0, 0.05) is 0 Å². The van der Waals surface area contributed by atoms with Crippen molar-refractivity contribution in [2.45, 2.75) is 102 Å². The number of hydrogen-bond donors (Lipinski definition) is 0. The molecule has 1 aliphatic carbocycles. The fourth-order valence-electron chi connectivity index (χ4n) is 6.77. The highest BCUT2D eigenvalue weighted by Gasteiger charge is 2.38. The predicted octanol–water partition coefficient (Wildman–Crippen LogP) is 9.11. The van der Waals surface area contributed by atoms with Crippen LogP contribution in [0.1, 0.15) is 89.0 Å². The lowest BCUT2D eigenvalue weighted by atomic mass is 9.76. The van der Waals surface area contributed by atoms with Crippen molar-refractivity contribution in [2.75, 3.05) is 0 Å². The Morgan fingerprint density at radius 3 is 1.94 bits per heavy atom. The standard InChI is InChI=1S/C30H41F3Si/c1-2-3-7-18-34(27-8-5-4-6-9-27)19-16-24(17-20-34)11-10-23-12-14-25(15-13-23)26-21-28(31)30(33)29(32)22-26/h4-6,8-9,21-25H,2-3,7,10-20H2,1H3. The quantitative estimate of drug-likeness (QED) is 0.188. The van der Waals surface area contributed by atoms with Gasteiger partial charge in [-0.05, 0) is 61.1 Å². The lowest BCUT2D eigenvalue weighted by Crippen LogP contribution is -2.50. The van der Waals surface area contributed by atoms with Crippen LogP contribution in [0.15, 0.2) is 42.5 Å². The zero-order chi connectivity index (χ0) is 24.0. The maximum Gasteiger partial charge on any atom is 0.194 e. The summed E-state index contributed by atoms with van der Waals surface area (Å²) >= 11 is 0. The van der Waals surface area contributed by atoms with E-state index < -0.39 is 25.5 Å². The minimum atomic E-state index is -1.35. The smallest absolute Gasteiger partial charge is 0.194 e. The van der Waals surface area contributed by atoms with E-state index in [9.17, 15) is 13.2 Å². The molecular formula is C30H41F3Si. The van der Waals surface area contributed by atoms with Gasteiger partial charge in [-0.3, -0.25) is 0 Å². The molecule has 1 saturated carbocycles. The van der Waals surface area contributed by atoms with Crippen LogP contribution in [0.2, 0.25) is 18.1 Å². The van der Waals surface area contributed by atoms with Crippen molar-refractivity contribution in [2.24, 2.45) is 11.8 Å². The topological polar surface area (TPSA) is 0 Å². The first kappa shape index (κ1) is 25.5. The summed E-state index contributed by atoms with van der Waals surface area (Å²) in [7, 11) is -1.35. The summed E-state index contributed by atoms with van der Waals surface area (Å²) in [5.74, 6) is -1.70. The maximum absolute atomic E-state index is 13.6. The van der Waals surface area contributed by atoms with E-state index in [2.05, 4.69) is 37.3 Å². The van der Waals surface area contributed by atoms with Crippen molar-refractivity contribution in [3.63, 3.8) is 0 Å². The number of rotatable bonds is 9. The second kappa shape index (κ2) is 11.9. The summed E-state index contributed by atoms with van der Waals surface area (Å²) in [5.41, 5.74) is 0.632. The van der Waals surface area contributed by atoms with Gasteiger partial charge in [-0.15, -0.1) is 0 Å². The average molecular weight is 487 g/mol. The third kappa shape index (κ3) is 6.16. The third-order valence-electron chi connectivity index (χ3n) is 9.01. The molecule has 0 unspecified atom stereocenters. The van der Waals surface area contributed by atoms with Crippen LogP contribution in [0.3, 0.4) is 0 Å². The second-order valence-corrected chi connectivity index (χ2v) is 15.8. The molecule has 186 valence electrons. The van der Waals surface area contributed by atoms with E-state index in [1.54, 1.807) is 5.19 Å². The van der Waals surface area contributed by atoms with Crippen LogP contribution in [-0.2, 0) is 0 Å². The molecule has 0 amide bonds. The van der Waals surface area contributed by atoms with E-state index in [0.29, 0.717) is 5.56 Å². The van der Waals surface area contributed by atoms with Gasteiger partial charge in [-0.25, -0.2) is 13.2 Å². The highest BCUT2D eigenvalue weighted by Crippen LogP contribution is 2.42. The molecule has 0 atom stereocenters. The first-order valence-corrected chi connectivity index (χ1v) is 16.3. The molecule has 1 saturated heterocycles. The number of halogens is 3. The zero-order valence-electron chi connectivity index (χ0n) is 20.8. The molecule has 1 aliphatic heterocycles. The lowest BCUT2D eigenvalue weighted by Gasteiger charge is -2.40. The summed E-state index contributed by atoms with van der Waals surface area (Å²) in [6.07, 6.45) is 13.7. The van der Waals surface area contributed by atoms with Gasteiger partial charge in [0.2, 0.25) is 0 Å². The third-order valence-corrected chi connectivity index (χ3v) is 14.4. The zero-order valence-corrected chi connectivity index (χ0v) is 21.8. The molecule has 2 fully saturated rings. The Labute approximate surface area is 205 Å². The van der Waals surface area contributed by atoms with Gasteiger partial charge in [0.05, 0.1) is 8.07 Å². The summed E-state index contributed by atoms with van der Waals surface area (Å²) in [5, 5.41) is 1.69. The van der Waals surface area contributed by atoms with Crippen LogP contribution in [0.5, 0.6) is 0 Å². The number of unbranched alkanes of at least 4 members (excludes halogenated alkanes) is 2. The Kier molecular flexibility index (Phi) is 8.96. The van der Waals surface area contributed by atoms with E-state index >= 15 is 0 Å². The molecule has 2 aromatic carbocycles. The highest BCUT2D eigenvalue weighted by atomic mass is 28.3. The van der Waals surface area contributed by atoms with Crippen molar-refractivity contribution >= 4 is 13.3 Å². The van der Waals surface area contributed by atoms with Crippen molar-refractivity contribution in [1.29, 1.82) is 0 Å². The fourth-order valence-corrected chi connectivity index (χ4v) is 12.1. The Morgan fingerprint density at radius 2 is 1.35 bits per heavy atom. The molecule has 0 N–H and O–H groups in total. The Morgan fingerprint density at radius 1 is 0.765 bits per heavy atom. The molecule has 0 nitrogen and oxygen atoms in total. The molecule has 0 radical (unpaired) electrons. The first-order chi connectivity index (χ1) is 16.5. The minimum absolute atomic E-state index is 0.163. The molecule has 34 heavy (non-hydrogen) atoms. The minimum Gasteiger partial charge on any atom is -0.204 e. The van der Waals surface area contributed by atoms with Crippen molar-refractivity contribution in [1.82, 2.24) is 0 Å². The van der Waals surface area contributed by atoms with Crippen LogP contribution in [-0.4, -0.2) is 8.07 Å². The second-order valence-electron chi connectivity index (χ2n) is 11.1. The molecule has 2 aliphatic rings. The van der Waals surface area contributed by atoms with Gasteiger partial charge in [-0.1, -0.05) is 106 Å². The van der Waals surface area contributed by atoms with E-state index in [0.717, 1.165) is 37.5 Å². The van der Waals surface area contributed by atoms with Crippen LogP contribution < -0.4 is 5.19 Å². The van der Waals surface area contributed by atoms with Gasteiger partial charge in [0.1, 0.15) is 0 Å². The molecule has 4 heteroatoms. The Hall–Kier alpha value is -1.55. The molecular weight excluding hydrogens is 445 g/mol. The normalized spacial score (nSPS) is 27.6. The van der Waals surface area contributed by atoms with Crippen LogP contribution in [0.4, 0.5) is 13.2 Å². The van der Waals surface area contributed by atoms with E-state index in [4.69, 9.17) is 0 Å². The fraction of sp³-hybridized carbons (Fsp3) is 0.600. The number of hydrogen-bond acceptors (Lipinski definition) is 0.